The number of hydroxylamine groups is 2. The average molecular weight is 710 g/mol. The molecule has 2 amide bonds. The number of hydrogen-bond donors (Lipinski definition) is 7. The van der Waals surface area contributed by atoms with Gasteiger partial charge in [-0.3, -0.25) is 19.1 Å². The molecule has 1 saturated heterocycles. The number of nitrogen functional groups attached to an aromatic ring is 1. The molecule has 9 N–H and O–H groups in total. The van der Waals surface area contributed by atoms with E-state index in [1.165, 1.54) is 26.2 Å². The second-order valence-corrected chi connectivity index (χ2v) is 13.7. The Morgan fingerprint density at radius 3 is 2.73 bits per heavy atom. The number of β-lactam (4-membered cyclic amide) rings is 1. The molecule has 4 heterocycles. The Bertz CT molecular complexity index is 1780. The van der Waals surface area contributed by atoms with E-state index in [0.29, 0.717) is 42.8 Å². The number of aliphatic carboxylic acids is 1. The van der Waals surface area contributed by atoms with Crippen molar-refractivity contribution in [3.63, 3.8) is 0 Å². The van der Waals surface area contributed by atoms with Gasteiger partial charge in [0.05, 0.1) is 18.1 Å². The van der Waals surface area contributed by atoms with Crippen LogP contribution in [0.4, 0.5) is 5.13 Å². The number of rotatable bonds is 12. The number of carboxylic acid groups (broad SMARTS) is 1. The quantitative estimate of drug-likeness (QED) is 0.0607. The van der Waals surface area contributed by atoms with E-state index < -0.39 is 57.2 Å². The van der Waals surface area contributed by atoms with Gasteiger partial charge in [-0.2, -0.15) is 13.5 Å². The highest BCUT2D eigenvalue weighted by atomic mass is 32.3. The van der Waals surface area contributed by atoms with Gasteiger partial charge in [-0.25, -0.2) is 9.78 Å². The number of aryl methyl sites for hydroxylation is 1. The first-order valence-electron chi connectivity index (χ1n) is 14.6. The zero-order valence-corrected chi connectivity index (χ0v) is 27.6. The smallest absolute Gasteiger partial charge is 0.418 e. The number of nitrogens with one attached hydrogen (secondary N) is 3. The standard InChI is InChI=1S/C27H35N9O10S2/c1-26(2)20(22(38)36(26)46-48(41,42)43)34-21(37)19(16-12-47-24(29)32-16)35-45-27(3,23(39)40)18-7-5-14-10-13(4-6-17(14)44-18)15-11-31-25(33-15)30-9-8-28/h4,6,10,12,15,18,20H,5,7-9,11,28H2,1-3H3,(H2,29,32)(H,34,37)(H,39,40)(H2,30,31,33)(H,41,42,43)/b35-19-/t15?,18-,20-,27?/m1/s1. The summed E-state index contributed by atoms with van der Waals surface area (Å²) in [5, 5.41) is 24.8. The van der Waals surface area contributed by atoms with Crippen LogP contribution in [-0.2, 0) is 40.3 Å². The molecule has 3 aliphatic rings. The number of hydrogen-bond acceptors (Lipinski definition) is 16. The van der Waals surface area contributed by atoms with Gasteiger partial charge in [0.1, 0.15) is 17.5 Å². The molecule has 0 saturated carbocycles. The molecule has 1 fully saturated rings. The van der Waals surface area contributed by atoms with Crippen molar-refractivity contribution >= 4 is 56.3 Å². The number of carbonyl (C=O) groups excluding carboxylic acids is 2. The van der Waals surface area contributed by atoms with Gasteiger partial charge in [0.2, 0.25) is 0 Å². The highest BCUT2D eigenvalue weighted by Gasteiger charge is 2.58. The molecule has 0 bridgehead atoms. The fourth-order valence-corrected chi connectivity index (χ4v) is 6.34. The number of aliphatic imine (C=N–C) groups is 1. The summed E-state index contributed by atoms with van der Waals surface area (Å²) in [6.45, 7) is 5.59. The van der Waals surface area contributed by atoms with Gasteiger partial charge >= 0.3 is 16.4 Å². The Balaban J connectivity index is 1.33. The Morgan fingerprint density at radius 2 is 2.10 bits per heavy atom. The summed E-state index contributed by atoms with van der Waals surface area (Å²) in [5.74, 6) is -2.30. The Hall–Kier alpha value is -4.57. The molecule has 1 aromatic carbocycles. The predicted molar refractivity (Wildman–Crippen MR) is 170 cm³/mol. The maximum atomic E-state index is 13.4. The minimum atomic E-state index is -5.02. The molecular weight excluding hydrogens is 674 g/mol. The van der Waals surface area contributed by atoms with Gasteiger partial charge in [0, 0.05) is 18.5 Å². The molecule has 2 unspecified atom stereocenters. The summed E-state index contributed by atoms with van der Waals surface area (Å²) < 4.78 is 41.7. The number of thiazole rings is 1. The lowest BCUT2D eigenvalue weighted by molar-refractivity contribution is -0.218. The Morgan fingerprint density at radius 1 is 1.35 bits per heavy atom. The molecule has 19 nitrogen and oxygen atoms in total. The first kappa shape index (κ1) is 34.8. The number of oxime groups is 1. The highest BCUT2D eigenvalue weighted by molar-refractivity contribution is 7.80. The fourth-order valence-electron chi connectivity index (χ4n) is 5.33. The van der Waals surface area contributed by atoms with Gasteiger partial charge in [-0.1, -0.05) is 11.2 Å². The molecule has 0 aliphatic carbocycles. The molecule has 3 aliphatic heterocycles. The van der Waals surface area contributed by atoms with Crippen LogP contribution >= 0.6 is 11.3 Å². The number of amides is 2. The van der Waals surface area contributed by atoms with Crippen LogP contribution in [-0.4, -0.2) is 100 Å². The summed E-state index contributed by atoms with van der Waals surface area (Å²) in [5.41, 5.74) is 9.02. The lowest BCUT2D eigenvalue weighted by Crippen LogP contribution is -2.76. The Labute approximate surface area is 278 Å². The van der Waals surface area contributed by atoms with Crippen molar-refractivity contribution in [2.24, 2.45) is 15.9 Å². The molecule has 5 rings (SSSR count). The van der Waals surface area contributed by atoms with Gasteiger partial charge in [0.15, 0.2) is 22.9 Å². The van der Waals surface area contributed by atoms with E-state index in [0.717, 1.165) is 22.5 Å². The molecule has 0 spiro atoms. The number of benzene rings is 1. The molecule has 1 aromatic heterocycles. The second-order valence-electron chi connectivity index (χ2n) is 11.8. The third-order valence-corrected chi connectivity index (χ3v) is 9.09. The summed E-state index contributed by atoms with van der Waals surface area (Å²) in [6.07, 6.45) is -0.362. The Kier molecular flexibility index (Phi) is 9.52. The predicted octanol–water partition coefficient (Wildman–Crippen LogP) is -0.928. The topological polar surface area (TPSA) is 282 Å². The van der Waals surface area contributed by atoms with Crippen LogP contribution in [0.3, 0.4) is 0 Å². The third-order valence-electron chi connectivity index (χ3n) is 8.08. The number of carboxylic acids is 1. The average Bonchev–Trinajstić information content (AvgIpc) is 3.69. The van der Waals surface area contributed by atoms with Crippen molar-refractivity contribution in [2.75, 3.05) is 25.4 Å². The summed E-state index contributed by atoms with van der Waals surface area (Å²) >= 11 is 0.969. The van der Waals surface area contributed by atoms with Crippen LogP contribution in [0.15, 0.2) is 33.7 Å². The summed E-state index contributed by atoms with van der Waals surface area (Å²) in [6, 6.07) is 4.19. The lowest BCUT2D eigenvalue weighted by atomic mass is 9.84. The minimum Gasteiger partial charge on any atom is -0.485 e. The third kappa shape index (κ3) is 6.99. The molecule has 4 atom stereocenters. The number of carbonyl (C=O) groups is 3. The van der Waals surface area contributed by atoms with Crippen molar-refractivity contribution in [3.8, 4) is 5.75 Å². The molecule has 48 heavy (non-hydrogen) atoms. The number of aromatic nitrogens is 1. The van der Waals surface area contributed by atoms with Crippen LogP contribution in [0.2, 0.25) is 0 Å². The van der Waals surface area contributed by atoms with Crippen LogP contribution in [0.1, 0.15) is 50.1 Å². The number of nitrogens with two attached hydrogens (primary N) is 2. The van der Waals surface area contributed by atoms with E-state index in [1.807, 2.05) is 12.1 Å². The van der Waals surface area contributed by atoms with Crippen LogP contribution < -0.4 is 32.2 Å². The van der Waals surface area contributed by atoms with Crippen molar-refractivity contribution in [3.05, 3.63) is 40.4 Å². The van der Waals surface area contributed by atoms with E-state index in [-0.39, 0.29) is 23.3 Å². The molecule has 0 radical (unpaired) electrons. The number of anilines is 1. The van der Waals surface area contributed by atoms with Gasteiger partial charge < -0.3 is 42.1 Å². The van der Waals surface area contributed by atoms with E-state index in [4.69, 9.17) is 25.6 Å². The molecule has 2 aromatic rings. The largest absolute Gasteiger partial charge is 0.485 e. The summed E-state index contributed by atoms with van der Waals surface area (Å²) in [4.78, 5) is 52.8. The lowest BCUT2D eigenvalue weighted by Gasteiger charge is -2.50. The van der Waals surface area contributed by atoms with Crippen molar-refractivity contribution in [2.45, 2.75) is 62.9 Å². The number of ether oxygens (including phenoxy) is 1. The minimum absolute atomic E-state index is 0.0568. The fraction of sp³-hybridized carbons (Fsp3) is 0.481. The maximum absolute atomic E-state index is 13.4. The second kappa shape index (κ2) is 13.1. The van der Waals surface area contributed by atoms with Crippen LogP contribution in [0, 0.1) is 0 Å². The first-order valence-corrected chi connectivity index (χ1v) is 16.8. The van der Waals surface area contributed by atoms with Gasteiger partial charge in [-0.05, 0) is 56.9 Å². The van der Waals surface area contributed by atoms with E-state index >= 15 is 0 Å². The molecule has 260 valence electrons. The monoisotopic (exact) mass is 709 g/mol. The summed E-state index contributed by atoms with van der Waals surface area (Å²) in [7, 11) is -5.02. The number of guanidine groups is 1. The van der Waals surface area contributed by atoms with E-state index in [9.17, 15) is 27.9 Å². The zero-order valence-electron chi connectivity index (χ0n) is 26.0. The number of fused-ring (bicyclic) bond motifs is 1. The normalized spacial score (nSPS) is 23.1. The van der Waals surface area contributed by atoms with E-state index in [1.54, 1.807) is 6.07 Å². The highest BCUT2D eigenvalue weighted by Crippen LogP contribution is 2.36. The van der Waals surface area contributed by atoms with Crippen molar-refractivity contribution in [1.29, 1.82) is 0 Å². The maximum Gasteiger partial charge on any atom is 0.418 e. The first-order chi connectivity index (χ1) is 22.5. The SMILES string of the molecule is CC(O/N=C(\C(=O)N[C@@H]1C(=O)N(OS(=O)(=O)O)C1(C)C)c1csc(N)n1)(C(=O)O)[C@H]1CCc2cc(C3CN=C(NCCN)N3)ccc2O1. The molecule has 21 heteroatoms. The zero-order chi connectivity index (χ0) is 35.0. The van der Waals surface area contributed by atoms with Crippen LogP contribution in [0.5, 0.6) is 5.75 Å². The van der Waals surface area contributed by atoms with Crippen molar-refractivity contribution < 1.29 is 46.3 Å². The van der Waals surface area contributed by atoms with Crippen LogP contribution in [0.25, 0.3) is 0 Å². The van der Waals surface area contributed by atoms with E-state index in [2.05, 4.69) is 35.4 Å². The number of nitrogens with zero attached hydrogens (tertiary/aromatic N) is 4. The van der Waals surface area contributed by atoms with Gasteiger partial charge in [-0.15, -0.1) is 15.6 Å². The van der Waals surface area contributed by atoms with Crippen molar-refractivity contribution in [1.82, 2.24) is 26.0 Å². The molecular formula is C27H35N9O10S2. The van der Waals surface area contributed by atoms with Gasteiger partial charge in [0.25, 0.3) is 17.4 Å².